The molecule has 3 nitrogen and oxygen atoms in total. The molecule has 1 N–H and O–H groups in total. The van der Waals surface area contributed by atoms with Crippen molar-refractivity contribution in [1.82, 2.24) is 10.2 Å². The van der Waals surface area contributed by atoms with E-state index in [1.165, 1.54) is 37.2 Å². The van der Waals surface area contributed by atoms with E-state index in [1.54, 1.807) is 0 Å². The van der Waals surface area contributed by atoms with Crippen LogP contribution in [0.4, 0.5) is 5.69 Å². The van der Waals surface area contributed by atoms with Crippen LogP contribution in [-0.2, 0) is 0 Å². The van der Waals surface area contributed by atoms with Crippen molar-refractivity contribution < 1.29 is 0 Å². The van der Waals surface area contributed by atoms with Gasteiger partial charge in [0.1, 0.15) is 0 Å². The summed E-state index contributed by atoms with van der Waals surface area (Å²) in [5.74, 6) is 0. The SMILES string of the molecule is CCCC(CNC)N1CCN(c2cccc(C)c2)CC1. The second-order valence-corrected chi connectivity index (χ2v) is 5.86. The maximum absolute atomic E-state index is 3.34. The number of nitrogens with zero attached hydrogens (tertiary/aromatic N) is 2. The van der Waals surface area contributed by atoms with Gasteiger partial charge in [0.15, 0.2) is 0 Å². The van der Waals surface area contributed by atoms with Gasteiger partial charge in [0.25, 0.3) is 0 Å². The monoisotopic (exact) mass is 275 g/mol. The molecule has 1 aromatic carbocycles. The number of benzene rings is 1. The number of likely N-dealkylation sites (N-methyl/N-ethyl adjacent to an activating group) is 1. The number of hydrogen-bond acceptors (Lipinski definition) is 3. The molecule has 0 aliphatic carbocycles. The average Bonchev–Trinajstić information content (AvgIpc) is 2.47. The number of rotatable bonds is 6. The summed E-state index contributed by atoms with van der Waals surface area (Å²) in [5, 5.41) is 3.34. The Balaban J connectivity index is 1.91. The molecule has 1 heterocycles. The highest BCUT2D eigenvalue weighted by atomic mass is 15.3. The Bertz CT molecular complexity index is 391. The summed E-state index contributed by atoms with van der Waals surface area (Å²) in [6.45, 7) is 10.2. The summed E-state index contributed by atoms with van der Waals surface area (Å²) < 4.78 is 0. The lowest BCUT2D eigenvalue weighted by molar-refractivity contribution is 0.173. The minimum Gasteiger partial charge on any atom is -0.369 e. The molecule has 2 rings (SSSR count). The Morgan fingerprint density at radius 1 is 1.20 bits per heavy atom. The molecule has 0 aromatic heterocycles. The molecule has 1 atom stereocenters. The van der Waals surface area contributed by atoms with Gasteiger partial charge in [-0.3, -0.25) is 4.90 Å². The van der Waals surface area contributed by atoms with E-state index in [2.05, 4.69) is 60.3 Å². The lowest BCUT2D eigenvalue weighted by Gasteiger charge is -2.40. The first-order valence-electron chi connectivity index (χ1n) is 7.95. The summed E-state index contributed by atoms with van der Waals surface area (Å²) in [6, 6.07) is 9.57. The molecule has 20 heavy (non-hydrogen) atoms. The van der Waals surface area contributed by atoms with Crippen molar-refractivity contribution in [3.8, 4) is 0 Å². The van der Waals surface area contributed by atoms with E-state index in [0.29, 0.717) is 6.04 Å². The third-order valence-corrected chi connectivity index (χ3v) is 4.26. The van der Waals surface area contributed by atoms with Crippen molar-refractivity contribution in [2.24, 2.45) is 0 Å². The van der Waals surface area contributed by atoms with Crippen LogP contribution in [0.25, 0.3) is 0 Å². The van der Waals surface area contributed by atoms with Crippen LogP contribution in [0.1, 0.15) is 25.3 Å². The van der Waals surface area contributed by atoms with Gasteiger partial charge in [-0.05, 0) is 38.1 Å². The fraction of sp³-hybridized carbons (Fsp3) is 0.647. The highest BCUT2D eigenvalue weighted by Crippen LogP contribution is 2.19. The van der Waals surface area contributed by atoms with E-state index < -0.39 is 0 Å². The molecule has 0 radical (unpaired) electrons. The van der Waals surface area contributed by atoms with Gasteiger partial charge in [-0.2, -0.15) is 0 Å². The van der Waals surface area contributed by atoms with Crippen molar-refractivity contribution in [2.75, 3.05) is 44.7 Å². The minimum atomic E-state index is 0.699. The van der Waals surface area contributed by atoms with Crippen molar-refractivity contribution in [2.45, 2.75) is 32.7 Å². The molecule has 3 heteroatoms. The summed E-state index contributed by atoms with van der Waals surface area (Å²) in [4.78, 5) is 5.18. The summed E-state index contributed by atoms with van der Waals surface area (Å²) in [7, 11) is 2.06. The predicted octanol–water partition coefficient (Wildman–Crippen LogP) is 2.51. The Morgan fingerprint density at radius 3 is 2.55 bits per heavy atom. The average molecular weight is 275 g/mol. The standard InChI is InChI=1S/C17H29N3/c1-4-6-17(14-18-3)20-11-9-19(10-12-20)16-8-5-7-15(2)13-16/h5,7-8,13,17-18H,4,6,9-12,14H2,1-3H3. The van der Waals surface area contributed by atoms with Crippen LogP contribution in [0.2, 0.25) is 0 Å². The highest BCUT2D eigenvalue weighted by Gasteiger charge is 2.22. The molecule has 1 aromatic rings. The Kier molecular flexibility index (Phi) is 5.86. The molecular formula is C17H29N3. The second kappa shape index (κ2) is 7.65. The molecule has 112 valence electrons. The highest BCUT2D eigenvalue weighted by molar-refractivity contribution is 5.48. The zero-order valence-corrected chi connectivity index (χ0v) is 13.2. The topological polar surface area (TPSA) is 18.5 Å². The van der Waals surface area contributed by atoms with Crippen molar-refractivity contribution in [1.29, 1.82) is 0 Å². The van der Waals surface area contributed by atoms with Gasteiger partial charge in [0.2, 0.25) is 0 Å². The van der Waals surface area contributed by atoms with Crippen LogP contribution >= 0.6 is 0 Å². The maximum atomic E-state index is 3.34. The minimum absolute atomic E-state index is 0.699. The molecule has 1 fully saturated rings. The number of piperazine rings is 1. The summed E-state index contributed by atoms with van der Waals surface area (Å²) >= 11 is 0. The Labute approximate surface area is 124 Å². The van der Waals surface area contributed by atoms with Gasteiger partial charge < -0.3 is 10.2 Å². The largest absolute Gasteiger partial charge is 0.369 e. The van der Waals surface area contributed by atoms with Gasteiger partial charge in [-0.15, -0.1) is 0 Å². The first-order chi connectivity index (χ1) is 9.74. The fourth-order valence-electron chi connectivity index (χ4n) is 3.15. The fourth-order valence-corrected chi connectivity index (χ4v) is 3.15. The lowest BCUT2D eigenvalue weighted by atomic mass is 10.1. The molecule has 1 saturated heterocycles. The zero-order chi connectivity index (χ0) is 14.4. The Hall–Kier alpha value is -1.06. The van der Waals surface area contributed by atoms with Gasteiger partial charge in [-0.25, -0.2) is 0 Å². The molecule has 1 unspecified atom stereocenters. The Morgan fingerprint density at radius 2 is 1.95 bits per heavy atom. The van der Waals surface area contributed by atoms with Crippen molar-refractivity contribution in [3.63, 3.8) is 0 Å². The first kappa shape index (κ1) is 15.3. The van der Waals surface area contributed by atoms with Crippen molar-refractivity contribution in [3.05, 3.63) is 29.8 Å². The van der Waals surface area contributed by atoms with Crippen LogP contribution in [0.15, 0.2) is 24.3 Å². The van der Waals surface area contributed by atoms with E-state index in [4.69, 9.17) is 0 Å². The number of anilines is 1. The van der Waals surface area contributed by atoms with Crippen LogP contribution in [0.5, 0.6) is 0 Å². The lowest BCUT2D eigenvalue weighted by Crippen LogP contribution is -2.52. The van der Waals surface area contributed by atoms with E-state index in [0.717, 1.165) is 19.6 Å². The van der Waals surface area contributed by atoms with Gasteiger partial charge in [0, 0.05) is 44.5 Å². The van der Waals surface area contributed by atoms with Gasteiger partial charge in [0.05, 0.1) is 0 Å². The number of aryl methyl sites for hydroxylation is 1. The quantitative estimate of drug-likeness (QED) is 0.860. The van der Waals surface area contributed by atoms with Crippen LogP contribution in [-0.4, -0.2) is 50.7 Å². The predicted molar refractivity (Wildman–Crippen MR) is 87.6 cm³/mol. The number of nitrogens with one attached hydrogen (secondary N) is 1. The van der Waals surface area contributed by atoms with Crippen LogP contribution in [0.3, 0.4) is 0 Å². The first-order valence-corrected chi connectivity index (χ1v) is 7.95. The third kappa shape index (κ3) is 3.97. The molecular weight excluding hydrogens is 246 g/mol. The van der Waals surface area contributed by atoms with Gasteiger partial charge >= 0.3 is 0 Å². The third-order valence-electron chi connectivity index (χ3n) is 4.26. The van der Waals surface area contributed by atoms with Crippen LogP contribution < -0.4 is 10.2 Å². The summed E-state index contributed by atoms with van der Waals surface area (Å²) in [6.07, 6.45) is 2.57. The van der Waals surface area contributed by atoms with Crippen LogP contribution in [0, 0.1) is 6.92 Å². The van der Waals surface area contributed by atoms with E-state index >= 15 is 0 Å². The molecule has 1 aliphatic heterocycles. The maximum Gasteiger partial charge on any atom is 0.0369 e. The smallest absolute Gasteiger partial charge is 0.0369 e. The van der Waals surface area contributed by atoms with Gasteiger partial charge in [-0.1, -0.05) is 25.5 Å². The van der Waals surface area contributed by atoms with E-state index in [1.807, 2.05) is 0 Å². The molecule has 1 aliphatic rings. The van der Waals surface area contributed by atoms with Crippen molar-refractivity contribution >= 4 is 5.69 Å². The second-order valence-electron chi connectivity index (χ2n) is 5.86. The molecule has 0 amide bonds. The van der Waals surface area contributed by atoms with E-state index in [9.17, 15) is 0 Å². The number of hydrogen-bond donors (Lipinski definition) is 1. The summed E-state index contributed by atoms with van der Waals surface area (Å²) in [5.41, 5.74) is 2.73. The zero-order valence-electron chi connectivity index (χ0n) is 13.2. The van der Waals surface area contributed by atoms with E-state index in [-0.39, 0.29) is 0 Å². The molecule has 0 bridgehead atoms. The molecule has 0 spiro atoms. The normalized spacial score (nSPS) is 18.2. The molecule has 0 saturated carbocycles.